The van der Waals surface area contributed by atoms with Gasteiger partial charge in [-0.2, -0.15) is 8.42 Å². The van der Waals surface area contributed by atoms with Crippen LogP contribution in [-0.2, 0) is 62.0 Å². The predicted molar refractivity (Wildman–Crippen MR) is 321 cm³/mol. The van der Waals surface area contributed by atoms with Crippen LogP contribution in [0.15, 0.2) is 60.8 Å². The largest absolute Gasteiger partial charge is 0.459 e. The van der Waals surface area contributed by atoms with Crippen LogP contribution in [0.1, 0.15) is 216 Å². The third-order valence-corrected chi connectivity index (χ3v) is 25.0. The minimum atomic E-state index is -3.43. The van der Waals surface area contributed by atoms with Gasteiger partial charge in [0.25, 0.3) is 10.1 Å². The maximum absolute atomic E-state index is 12.1. The van der Waals surface area contributed by atoms with Crippen molar-refractivity contribution < 1.29 is 65.4 Å². The highest BCUT2D eigenvalue weighted by Crippen LogP contribution is 2.66. The summed E-state index contributed by atoms with van der Waals surface area (Å²) in [7, 11) is -3.43. The zero-order chi connectivity index (χ0) is 61.2. The van der Waals surface area contributed by atoms with Gasteiger partial charge in [0.15, 0.2) is 0 Å². The van der Waals surface area contributed by atoms with Crippen LogP contribution in [0.25, 0.3) is 0 Å². The maximum Gasteiger partial charge on any atom is 0.333 e. The lowest BCUT2D eigenvalue weighted by Gasteiger charge is -2.62. The molecule has 0 aromatic rings. The van der Waals surface area contributed by atoms with E-state index in [0.717, 1.165) is 93.3 Å². The van der Waals surface area contributed by atoms with E-state index < -0.39 is 39.5 Å². The molecule has 0 aromatic carbocycles. The first-order valence-corrected chi connectivity index (χ1v) is 33.8. The molecule has 15 aliphatic rings. The van der Waals surface area contributed by atoms with Crippen LogP contribution >= 0.6 is 0 Å². The Kier molecular flexibility index (Phi) is 18.8. The van der Waals surface area contributed by atoms with Crippen molar-refractivity contribution >= 4 is 40.0 Å². The first-order valence-electron chi connectivity index (χ1n) is 32.4. The molecule has 84 heavy (non-hydrogen) atoms. The van der Waals surface area contributed by atoms with E-state index in [1.807, 2.05) is 0 Å². The molecule has 14 saturated carbocycles. The van der Waals surface area contributed by atoms with Gasteiger partial charge in [0.05, 0.1) is 10.9 Å². The first kappa shape index (κ1) is 64.4. The number of rotatable bonds is 13. The molecule has 1 N–H and O–H groups in total. The molecule has 0 spiro atoms. The van der Waals surface area contributed by atoms with Crippen molar-refractivity contribution in [3.63, 3.8) is 0 Å². The number of ether oxygens (including phenoxy) is 5. The summed E-state index contributed by atoms with van der Waals surface area (Å²) in [6.07, 6.45) is 26.1. The Morgan fingerprint density at radius 3 is 1.60 bits per heavy atom. The Morgan fingerprint density at radius 2 is 1.08 bits per heavy atom. The first-order chi connectivity index (χ1) is 39.3. The smallest absolute Gasteiger partial charge is 0.333 e. The molecule has 0 radical (unpaired) electrons. The zero-order valence-electron chi connectivity index (χ0n) is 52.4. The van der Waals surface area contributed by atoms with E-state index in [0.29, 0.717) is 64.4 Å². The molecule has 12 bridgehead atoms. The van der Waals surface area contributed by atoms with Gasteiger partial charge < -0.3 is 28.8 Å². The normalized spacial score (nSPS) is 40.2. The van der Waals surface area contributed by atoms with Crippen molar-refractivity contribution in [1.82, 2.24) is 0 Å². The van der Waals surface area contributed by atoms with Crippen LogP contribution in [0.4, 0.5) is 0 Å². The Morgan fingerprint density at radius 1 is 0.583 bits per heavy atom. The lowest BCUT2D eigenvalue weighted by Crippen LogP contribution is -2.60. The molecule has 14 aliphatic carbocycles. The van der Waals surface area contributed by atoms with Gasteiger partial charge >= 0.3 is 29.8 Å². The Bertz CT molecular complexity index is 2680. The second-order valence-corrected chi connectivity index (χ2v) is 31.9. The molecule has 13 atom stereocenters. The van der Waals surface area contributed by atoms with E-state index in [1.165, 1.54) is 83.5 Å². The van der Waals surface area contributed by atoms with Gasteiger partial charge in [0, 0.05) is 51.5 Å². The van der Waals surface area contributed by atoms with E-state index in [2.05, 4.69) is 60.6 Å². The minimum Gasteiger partial charge on any atom is -0.459 e. The van der Waals surface area contributed by atoms with Crippen molar-refractivity contribution in [2.24, 2.45) is 76.4 Å². The fourth-order valence-electron chi connectivity index (χ4n) is 19.8. The fourth-order valence-corrected chi connectivity index (χ4v) is 21.7. The second kappa shape index (κ2) is 24.5. The summed E-state index contributed by atoms with van der Waals surface area (Å²) in [6, 6.07) is 0. The Hall–Kier alpha value is -4.08. The average Bonchev–Trinajstić information content (AvgIpc) is 1.15. The molecule has 15 rings (SSSR count). The number of esters is 5. The Balaban J connectivity index is 0.000000127. The van der Waals surface area contributed by atoms with E-state index in [-0.39, 0.29) is 63.7 Å². The van der Waals surface area contributed by atoms with E-state index in [4.69, 9.17) is 27.9 Å². The van der Waals surface area contributed by atoms with Gasteiger partial charge in [-0.3, -0.25) is 4.18 Å². The number of fused-ring (bicyclic) bond motifs is 6. The highest BCUT2D eigenvalue weighted by molar-refractivity contribution is 7.87. The van der Waals surface area contributed by atoms with Gasteiger partial charge in [0.1, 0.15) is 35.1 Å². The molecular formula is C69H102O14S. The summed E-state index contributed by atoms with van der Waals surface area (Å²) >= 11 is 0. The predicted octanol–water partition coefficient (Wildman–Crippen LogP) is 13.3. The van der Waals surface area contributed by atoms with Crippen molar-refractivity contribution in [3.8, 4) is 0 Å². The second-order valence-electron chi connectivity index (χ2n) is 30.1. The molecule has 0 aromatic heterocycles. The van der Waals surface area contributed by atoms with Crippen LogP contribution in [0.5, 0.6) is 0 Å². The molecule has 13 unspecified atom stereocenters. The molecule has 0 amide bonds. The standard InChI is InChI=1S/C18H28O2.C14H20O3.C14H20O2.C12H20O2.C11H14O5S/c1-5-17(4,20-16(19)12(2)3)18-9-13-6-14(10-18)8-15(7-13)11-18;1-9(2)12(15)17-14-6-10-3-11(7-14)5-13(16,4-10)8-14;1-8(2)14(15)16-13-7-9-6-12(13)11-5-3-4-10(9)11;1-9(2)11(13)14-12(10(3)4)7-5-6-8-12;1-5(2)11(12)15-9-6-3-7-8(4-6)17(13,14)16-10(7)9/h13-15H,2,5-11H2,1,3-4H3;10-11,16H,1,3-8H2,2H3;9-13H,1,3-7H2,2H3;10H,1,5-8H2,2-4H3;6-10H,1,3-4H2,2H3. The molecule has 468 valence electrons. The van der Waals surface area contributed by atoms with Gasteiger partial charge in [-0.05, 0) is 242 Å². The fraction of sp³-hybridized carbons (Fsp3) is 0.783. The van der Waals surface area contributed by atoms with Crippen molar-refractivity contribution in [1.29, 1.82) is 0 Å². The number of hydrogen-bond acceptors (Lipinski definition) is 14. The van der Waals surface area contributed by atoms with E-state index in [9.17, 15) is 37.5 Å². The SMILES string of the molecule is C=C(C)C(=O)OC(C)(CC)C12CC3CC(CC(C3)C1)C2.C=C(C)C(=O)OC1(C(C)C)CCCC1.C=C(C)C(=O)OC12CC3CC(CC(O)(C3)C1)C2.C=C(C)C(=O)OC1C2CC3C1OS(=O)(=O)C3C2.C=C(C)C(=O)OC1CC2CC1C1CCCC21. The highest BCUT2D eigenvalue weighted by atomic mass is 32.2. The molecule has 1 heterocycles. The van der Waals surface area contributed by atoms with E-state index in [1.54, 1.807) is 34.6 Å². The summed E-state index contributed by atoms with van der Waals surface area (Å²) in [5.41, 5.74) is 1.08. The lowest BCUT2D eigenvalue weighted by atomic mass is 9.45. The van der Waals surface area contributed by atoms with Crippen LogP contribution in [0.2, 0.25) is 0 Å². The molecule has 14 nitrogen and oxygen atoms in total. The van der Waals surface area contributed by atoms with E-state index >= 15 is 0 Å². The van der Waals surface area contributed by atoms with Gasteiger partial charge in [-0.1, -0.05) is 60.1 Å². The Labute approximate surface area is 502 Å². The number of aliphatic hydroxyl groups is 1. The van der Waals surface area contributed by atoms with Gasteiger partial charge in [-0.15, -0.1) is 0 Å². The summed E-state index contributed by atoms with van der Waals surface area (Å²) in [5.74, 6) is 6.21. The lowest BCUT2D eigenvalue weighted by molar-refractivity contribution is -0.217. The summed E-state index contributed by atoms with van der Waals surface area (Å²) in [4.78, 5) is 58.3. The summed E-state index contributed by atoms with van der Waals surface area (Å²) in [6.45, 7) is 35.2. The van der Waals surface area contributed by atoms with Crippen LogP contribution < -0.4 is 0 Å². The van der Waals surface area contributed by atoms with Crippen molar-refractivity contribution in [2.45, 2.75) is 262 Å². The molecular weight excluding hydrogens is 1080 g/mol. The highest BCUT2D eigenvalue weighted by Gasteiger charge is 2.66. The topological polar surface area (TPSA) is 195 Å². The zero-order valence-corrected chi connectivity index (χ0v) is 53.2. The van der Waals surface area contributed by atoms with Crippen LogP contribution in [0.3, 0.4) is 0 Å². The number of carbonyl (C=O) groups excluding carboxylic acids is 5. The third kappa shape index (κ3) is 13.1. The number of carbonyl (C=O) groups is 5. The summed E-state index contributed by atoms with van der Waals surface area (Å²) in [5, 5.41) is 10.1. The number of hydrogen-bond donors (Lipinski definition) is 1. The molecule has 15 heteroatoms. The molecule has 15 fully saturated rings. The monoisotopic (exact) mass is 1190 g/mol. The third-order valence-electron chi connectivity index (χ3n) is 23.3. The maximum atomic E-state index is 12.1. The average molecular weight is 1190 g/mol. The van der Waals surface area contributed by atoms with Crippen LogP contribution in [-0.4, -0.2) is 89.3 Å². The van der Waals surface area contributed by atoms with Crippen molar-refractivity contribution in [3.05, 3.63) is 60.8 Å². The minimum absolute atomic E-state index is 0.00733. The molecule has 1 aliphatic heterocycles. The van der Waals surface area contributed by atoms with Gasteiger partial charge in [0.2, 0.25) is 0 Å². The van der Waals surface area contributed by atoms with Crippen molar-refractivity contribution in [2.75, 3.05) is 0 Å². The van der Waals surface area contributed by atoms with Crippen LogP contribution in [0, 0.1) is 76.4 Å². The molecule has 1 saturated heterocycles. The van der Waals surface area contributed by atoms with Gasteiger partial charge in [-0.25, -0.2) is 24.0 Å². The summed E-state index contributed by atoms with van der Waals surface area (Å²) < 4.78 is 56.6. The quantitative estimate of drug-likeness (QED) is 0.0791.